The molecule has 0 radical (unpaired) electrons. The summed E-state index contributed by atoms with van der Waals surface area (Å²) in [6.45, 7) is 0.768. The highest BCUT2D eigenvalue weighted by Gasteiger charge is 2.29. The molecular weight excluding hydrogens is 305 g/mol. The first-order valence-corrected chi connectivity index (χ1v) is 7.73. The number of nitrogens with one attached hydrogen (secondary N) is 1. The van der Waals surface area contributed by atoms with Crippen molar-refractivity contribution in [3.63, 3.8) is 0 Å². The lowest BCUT2D eigenvalue weighted by Crippen LogP contribution is -2.09. The molecule has 0 aliphatic heterocycles. The summed E-state index contributed by atoms with van der Waals surface area (Å²) in [7, 11) is 0. The van der Waals surface area contributed by atoms with Crippen molar-refractivity contribution >= 4 is 17.4 Å². The van der Waals surface area contributed by atoms with E-state index in [0.29, 0.717) is 13.0 Å². The van der Waals surface area contributed by atoms with E-state index in [1.54, 1.807) is 12.1 Å². The van der Waals surface area contributed by atoms with Gasteiger partial charge in [-0.3, -0.25) is 0 Å². The molecule has 1 aromatic heterocycles. The van der Waals surface area contributed by atoms with Gasteiger partial charge in [0.2, 0.25) is 5.28 Å². The second-order valence-electron chi connectivity index (χ2n) is 5.35. The molecule has 1 unspecified atom stereocenters. The molecule has 0 fully saturated rings. The van der Waals surface area contributed by atoms with Crippen LogP contribution in [0.1, 0.15) is 35.6 Å². The molecule has 1 aliphatic rings. The first-order chi connectivity index (χ1) is 10.7. The Labute approximate surface area is 133 Å². The fourth-order valence-corrected chi connectivity index (χ4v) is 3.06. The molecule has 0 saturated carbocycles. The summed E-state index contributed by atoms with van der Waals surface area (Å²) in [6, 6.07) is 6.53. The van der Waals surface area contributed by atoms with Crippen LogP contribution in [-0.2, 0) is 6.42 Å². The zero-order valence-electron chi connectivity index (χ0n) is 12.0. The first kappa shape index (κ1) is 15.2. The number of rotatable bonds is 5. The maximum atomic E-state index is 13.1. The van der Waals surface area contributed by atoms with Crippen LogP contribution in [0.5, 0.6) is 0 Å². The molecule has 116 valence electrons. The van der Waals surface area contributed by atoms with Crippen molar-refractivity contribution in [1.82, 2.24) is 9.97 Å². The topological polar surface area (TPSA) is 58.0 Å². The number of hydrogen-bond acceptors (Lipinski definition) is 4. The predicted octanol–water partition coefficient (Wildman–Crippen LogP) is 3.14. The largest absolute Gasteiger partial charge is 0.396 e. The predicted molar refractivity (Wildman–Crippen MR) is 83.8 cm³/mol. The van der Waals surface area contributed by atoms with Gasteiger partial charge in [-0.05, 0) is 48.6 Å². The molecule has 1 heterocycles. The summed E-state index contributed by atoms with van der Waals surface area (Å²) in [6.07, 6.45) is 2.42. The van der Waals surface area contributed by atoms with E-state index in [-0.39, 0.29) is 23.6 Å². The van der Waals surface area contributed by atoms with E-state index in [1.807, 2.05) is 0 Å². The molecule has 22 heavy (non-hydrogen) atoms. The van der Waals surface area contributed by atoms with Crippen LogP contribution < -0.4 is 5.32 Å². The van der Waals surface area contributed by atoms with Crippen molar-refractivity contribution in [3.05, 3.63) is 52.2 Å². The standard InChI is InChI=1S/C16H17ClFN3O/c17-16-20-14-12(10-2-4-11(18)5-3-10)6-7-13(14)15(21-16)19-8-1-9-22/h2-5,12,22H,1,6-9H2,(H,19,20,21). The number of nitrogens with zero attached hydrogens (tertiary/aromatic N) is 2. The van der Waals surface area contributed by atoms with Gasteiger partial charge in [0.1, 0.15) is 11.6 Å². The molecule has 0 bridgehead atoms. The normalized spacial score (nSPS) is 16.6. The molecule has 1 aliphatic carbocycles. The minimum Gasteiger partial charge on any atom is -0.396 e. The maximum Gasteiger partial charge on any atom is 0.224 e. The summed E-state index contributed by atoms with van der Waals surface area (Å²) >= 11 is 6.05. The molecule has 1 atom stereocenters. The second-order valence-corrected chi connectivity index (χ2v) is 5.69. The van der Waals surface area contributed by atoms with E-state index >= 15 is 0 Å². The van der Waals surface area contributed by atoms with Crippen molar-refractivity contribution in [1.29, 1.82) is 0 Å². The summed E-state index contributed by atoms with van der Waals surface area (Å²) < 4.78 is 13.1. The third-order valence-electron chi connectivity index (χ3n) is 3.92. The number of aliphatic hydroxyl groups excluding tert-OH is 1. The number of hydrogen-bond donors (Lipinski definition) is 2. The van der Waals surface area contributed by atoms with Crippen molar-refractivity contribution in [2.75, 3.05) is 18.5 Å². The smallest absolute Gasteiger partial charge is 0.224 e. The summed E-state index contributed by atoms with van der Waals surface area (Å²) in [5.74, 6) is 0.622. The molecule has 2 aromatic rings. The Morgan fingerprint density at radius 3 is 2.77 bits per heavy atom. The van der Waals surface area contributed by atoms with Gasteiger partial charge in [-0.2, -0.15) is 0 Å². The molecule has 0 amide bonds. The highest BCUT2D eigenvalue weighted by atomic mass is 35.5. The van der Waals surface area contributed by atoms with Gasteiger partial charge < -0.3 is 10.4 Å². The average Bonchev–Trinajstić information content (AvgIpc) is 2.92. The number of aliphatic hydroxyl groups is 1. The minimum atomic E-state index is -0.242. The van der Waals surface area contributed by atoms with E-state index in [9.17, 15) is 4.39 Å². The van der Waals surface area contributed by atoms with Crippen molar-refractivity contribution < 1.29 is 9.50 Å². The van der Waals surface area contributed by atoms with Crippen LogP contribution >= 0.6 is 11.6 Å². The van der Waals surface area contributed by atoms with Gasteiger partial charge in [0, 0.05) is 24.6 Å². The van der Waals surface area contributed by atoms with Crippen molar-refractivity contribution in [2.24, 2.45) is 0 Å². The monoisotopic (exact) mass is 321 g/mol. The molecule has 1 aromatic carbocycles. The fraction of sp³-hybridized carbons (Fsp3) is 0.375. The number of halogens is 2. The number of aromatic nitrogens is 2. The Hall–Kier alpha value is -1.72. The molecule has 3 rings (SSSR count). The van der Waals surface area contributed by atoms with Gasteiger partial charge in [0.05, 0.1) is 5.69 Å². The minimum absolute atomic E-state index is 0.120. The van der Waals surface area contributed by atoms with Gasteiger partial charge in [-0.25, -0.2) is 14.4 Å². The molecule has 6 heteroatoms. The Balaban J connectivity index is 1.91. The number of fused-ring (bicyclic) bond motifs is 1. The van der Waals surface area contributed by atoms with Gasteiger partial charge in [-0.15, -0.1) is 0 Å². The SMILES string of the molecule is OCCCNc1nc(Cl)nc2c1CCC2c1ccc(F)cc1. The van der Waals surface area contributed by atoms with Gasteiger partial charge in [-0.1, -0.05) is 12.1 Å². The maximum absolute atomic E-state index is 13.1. The molecule has 0 spiro atoms. The lowest BCUT2D eigenvalue weighted by atomic mass is 9.97. The Morgan fingerprint density at radius 2 is 2.05 bits per heavy atom. The van der Waals surface area contributed by atoms with Gasteiger partial charge in [0.15, 0.2) is 0 Å². The van der Waals surface area contributed by atoms with Crippen molar-refractivity contribution in [2.45, 2.75) is 25.2 Å². The second kappa shape index (κ2) is 6.58. The lowest BCUT2D eigenvalue weighted by Gasteiger charge is -2.13. The summed E-state index contributed by atoms with van der Waals surface area (Å²) in [5.41, 5.74) is 3.02. The van der Waals surface area contributed by atoms with Crippen LogP contribution in [0.2, 0.25) is 5.28 Å². The highest BCUT2D eigenvalue weighted by Crippen LogP contribution is 2.40. The van der Waals surface area contributed by atoms with Crippen LogP contribution in [0.25, 0.3) is 0 Å². The molecule has 2 N–H and O–H groups in total. The van der Waals surface area contributed by atoms with Crippen LogP contribution in [0.3, 0.4) is 0 Å². The first-order valence-electron chi connectivity index (χ1n) is 7.35. The third-order valence-corrected chi connectivity index (χ3v) is 4.09. The summed E-state index contributed by atoms with van der Waals surface area (Å²) in [5, 5.41) is 12.3. The van der Waals surface area contributed by atoms with E-state index in [4.69, 9.17) is 16.7 Å². The average molecular weight is 322 g/mol. The van der Waals surface area contributed by atoms with Crippen molar-refractivity contribution in [3.8, 4) is 0 Å². The van der Waals surface area contributed by atoms with Gasteiger partial charge in [0.25, 0.3) is 0 Å². The molecule has 4 nitrogen and oxygen atoms in total. The van der Waals surface area contributed by atoms with Crippen LogP contribution in [0.4, 0.5) is 10.2 Å². The van der Waals surface area contributed by atoms with E-state index in [0.717, 1.165) is 35.5 Å². The van der Waals surface area contributed by atoms with E-state index < -0.39 is 0 Å². The Morgan fingerprint density at radius 1 is 1.27 bits per heavy atom. The summed E-state index contributed by atoms with van der Waals surface area (Å²) in [4.78, 5) is 8.65. The number of benzene rings is 1. The fourth-order valence-electron chi connectivity index (χ4n) is 2.88. The Bertz CT molecular complexity index is 663. The zero-order chi connectivity index (χ0) is 15.5. The highest BCUT2D eigenvalue weighted by molar-refractivity contribution is 6.28. The molecule has 0 saturated heterocycles. The zero-order valence-corrected chi connectivity index (χ0v) is 12.8. The lowest BCUT2D eigenvalue weighted by molar-refractivity contribution is 0.292. The van der Waals surface area contributed by atoms with E-state index in [2.05, 4.69) is 15.3 Å². The molecular formula is C16H17ClFN3O. The quantitative estimate of drug-likeness (QED) is 0.656. The van der Waals surface area contributed by atoms with Crippen LogP contribution in [0.15, 0.2) is 24.3 Å². The van der Waals surface area contributed by atoms with Crippen LogP contribution in [0, 0.1) is 5.82 Å². The number of anilines is 1. The van der Waals surface area contributed by atoms with Crippen LogP contribution in [-0.4, -0.2) is 28.2 Å². The third kappa shape index (κ3) is 3.05. The van der Waals surface area contributed by atoms with Gasteiger partial charge >= 0.3 is 0 Å². The van der Waals surface area contributed by atoms with E-state index in [1.165, 1.54) is 12.1 Å². The Kier molecular flexibility index (Phi) is 4.55.